The molecule has 0 bridgehead atoms. The zero-order valence-electron chi connectivity index (χ0n) is 8.96. The number of hydrogen-bond acceptors (Lipinski definition) is 4. The van der Waals surface area contributed by atoms with Crippen molar-refractivity contribution in [2.24, 2.45) is 0 Å². The summed E-state index contributed by atoms with van der Waals surface area (Å²) in [5.41, 5.74) is 6.73. The Morgan fingerprint density at radius 1 is 0.824 bits per heavy atom. The van der Waals surface area contributed by atoms with E-state index in [0.29, 0.717) is 16.8 Å². The molecule has 1 heterocycles. The quantitative estimate of drug-likeness (QED) is 0.491. The van der Waals surface area contributed by atoms with Crippen molar-refractivity contribution in [1.29, 1.82) is 0 Å². The summed E-state index contributed by atoms with van der Waals surface area (Å²) in [6.45, 7) is 0. The van der Waals surface area contributed by atoms with E-state index in [1.807, 2.05) is 0 Å². The first-order valence-electron chi connectivity index (χ1n) is 5.03. The molecule has 1 aromatic carbocycles. The molecule has 0 fully saturated rings. The van der Waals surface area contributed by atoms with Crippen molar-refractivity contribution in [3.05, 3.63) is 59.9 Å². The van der Waals surface area contributed by atoms with Gasteiger partial charge < -0.3 is 5.73 Å². The lowest BCUT2D eigenvalue weighted by atomic mass is 10.0. The maximum atomic E-state index is 11.8. The zero-order chi connectivity index (χ0) is 12.3. The standard InChI is InChI=1S/C13H10N2O2/c14-11-3-1-9(2-4-11)12(16)13(17)10-5-7-15-8-6-10/h1-8H,14H2. The molecule has 0 unspecified atom stereocenters. The van der Waals surface area contributed by atoms with Crippen molar-refractivity contribution in [1.82, 2.24) is 4.98 Å². The first-order chi connectivity index (χ1) is 8.18. The molecule has 4 nitrogen and oxygen atoms in total. The topological polar surface area (TPSA) is 73.1 Å². The van der Waals surface area contributed by atoms with Crippen molar-refractivity contribution in [2.75, 3.05) is 5.73 Å². The Hall–Kier alpha value is -2.49. The Bertz CT molecular complexity index is 547. The number of carbonyl (C=O) groups excluding carboxylic acids is 2. The van der Waals surface area contributed by atoms with Gasteiger partial charge in [0.05, 0.1) is 0 Å². The number of nitrogens with zero attached hydrogens (tertiary/aromatic N) is 1. The average molecular weight is 226 g/mol. The van der Waals surface area contributed by atoms with Crippen molar-refractivity contribution in [2.45, 2.75) is 0 Å². The van der Waals surface area contributed by atoms with E-state index in [-0.39, 0.29) is 0 Å². The highest BCUT2D eigenvalue weighted by molar-refractivity contribution is 6.49. The number of pyridine rings is 1. The van der Waals surface area contributed by atoms with E-state index in [9.17, 15) is 9.59 Å². The van der Waals surface area contributed by atoms with Crippen LogP contribution in [0.5, 0.6) is 0 Å². The van der Waals surface area contributed by atoms with Crippen LogP contribution < -0.4 is 5.73 Å². The summed E-state index contributed by atoms with van der Waals surface area (Å²) < 4.78 is 0. The number of nitrogens with two attached hydrogens (primary N) is 1. The molecule has 2 aromatic rings. The minimum Gasteiger partial charge on any atom is -0.399 e. The van der Waals surface area contributed by atoms with Crippen molar-refractivity contribution in [3.63, 3.8) is 0 Å². The van der Waals surface area contributed by atoms with E-state index in [1.165, 1.54) is 36.7 Å². The molecule has 0 aliphatic heterocycles. The summed E-state index contributed by atoms with van der Waals surface area (Å²) in [7, 11) is 0. The molecule has 0 saturated carbocycles. The number of Topliss-reactive ketones (excluding diaryl/α,β-unsaturated/α-hetero) is 2. The molecule has 0 atom stereocenters. The molecular weight excluding hydrogens is 216 g/mol. The van der Waals surface area contributed by atoms with Crippen LogP contribution in [0.15, 0.2) is 48.8 Å². The minimum atomic E-state index is -0.545. The van der Waals surface area contributed by atoms with Gasteiger partial charge in [-0.05, 0) is 36.4 Å². The van der Waals surface area contributed by atoms with Crippen LogP contribution in [0.25, 0.3) is 0 Å². The summed E-state index contributed by atoms with van der Waals surface area (Å²) in [5.74, 6) is -1.09. The Labute approximate surface area is 98.1 Å². The lowest BCUT2D eigenvalue weighted by Gasteiger charge is -2.00. The number of benzene rings is 1. The van der Waals surface area contributed by atoms with Gasteiger partial charge in [-0.1, -0.05) is 0 Å². The monoisotopic (exact) mass is 226 g/mol. The van der Waals surface area contributed by atoms with Crippen LogP contribution in [0.4, 0.5) is 5.69 Å². The molecule has 0 saturated heterocycles. The third-order valence-corrected chi connectivity index (χ3v) is 2.32. The molecule has 4 heteroatoms. The number of nitrogen functional groups attached to an aromatic ring is 1. The molecule has 0 aliphatic carbocycles. The van der Waals surface area contributed by atoms with Gasteiger partial charge in [0.25, 0.3) is 0 Å². The fourth-order valence-corrected chi connectivity index (χ4v) is 1.40. The zero-order valence-corrected chi connectivity index (χ0v) is 8.96. The van der Waals surface area contributed by atoms with Gasteiger partial charge in [-0.15, -0.1) is 0 Å². The number of ketones is 2. The van der Waals surface area contributed by atoms with Crippen LogP contribution in [0.1, 0.15) is 20.7 Å². The third kappa shape index (κ3) is 2.36. The van der Waals surface area contributed by atoms with Crippen molar-refractivity contribution >= 4 is 17.3 Å². The molecule has 0 amide bonds. The van der Waals surface area contributed by atoms with Crippen molar-refractivity contribution in [3.8, 4) is 0 Å². The minimum absolute atomic E-state index is 0.334. The third-order valence-electron chi connectivity index (χ3n) is 2.32. The Kier molecular flexibility index (Phi) is 2.96. The molecule has 1 aromatic heterocycles. The van der Waals surface area contributed by atoms with Crippen LogP contribution in [0, 0.1) is 0 Å². The lowest BCUT2D eigenvalue weighted by Crippen LogP contribution is -2.14. The van der Waals surface area contributed by atoms with E-state index in [1.54, 1.807) is 12.1 Å². The van der Waals surface area contributed by atoms with Gasteiger partial charge in [0, 0.05) is 29.2 Å². The average Bonchev–Trinajstić information content (AvgIpc) is 2.39. The molecule has 2 N–H and O–H groups in total. The van der Waals surface area contributed by atoms with Gasteiger partial charge in [-0.25, -0.2) is 0 Å². The SMILES string of the molecule is Nc1ccc(C(=O)C(=O)c2ccncc2)cc1. The van der Waals surface area contributed by atoms with Gasteiger partial charge in [-0.3, -0.25) is 14.6 Å². The van der Waals surface area contributed by atoms with Gasteiger partial charge in [-0.2, -0.15) is 0 Å². The molecule has 17 heavy (non-hydrogen) atoms. The Balaban J connectivity index is 2.27. The van der Waals surface area contributed by atoms with Crippen LogP contribution in [-0.2, 0) is 0 Å². The van der Waals surface area contributed by atoms with E-state index < -0.39 is 11.6 Å². The molecule has 0 spiro atoms. The van der Waals surface area contributed by atoms with Crippen LogP contribution in [0.2, 0.25) is 0 Å². The molecule has 0 radical (unpaired) electrons. The van der Waals surface area contributed by atoms with E-state index in [4.69, 9.17) is 5.73 Å². The van der Waals surface area contributed by atoms with Crippen LogP contribution in [0.3, 0.4) is 0 Å². The van der Waals surface area contributed by atoms with E-state index >= 15 is 0 Å². The maximum absolute atomic E-state index is 11.8. The van der Waals surface area contributed by atoms with Gasteiger partial charge >= 0.3 is 0 Å². The summed E-state index contributed by atoms with van der Waals surface area (Å²) in [6, 6.07) is 9.28. The van der Waals surface area contributed by atoms with Gasteiger partial charge in [0.1, 0.15) is 0 Å². The predicted molar refractivity (Wildman–Crippen MR) is 63.8 cm³/mol. The van der Waals surface area contributed by atoms with Crippen LogP contribution >= 0.6 is 0 Å². The second-order valence-corrected chi connectivity index (χ2v) is 3.52. The number of rotatable bonds is 3. The highest BCUT2D eigenvalue weighted by Gasteiger charge is 2.17. The smallest absolute Gasteiger partial charge is 0.233 e. The fraction of sp³-hybridized carbons (Fsp3) is 0. The highest BCUT2D eigenvalue weighted by Crippen LogP contribution is 2.09. The number of aromatic nitrogens is 1. The predicted octanol–water partition coefficient (Wildman–Crippen LogP) is 1.73. The lowest BCUT2D eigenvalue weighted by molar-refractivity contribution is 0.0817. The second kappa shape index (κ2) is 4.57. The first-order valence-corrected chi connectivity index (χ1v) is 5.03. The van der Waals surface area contributed by atoms with Gasteiger partial charge in [0.2, 0.25) is 11.6 Å². The number of anilines is 1. The number of hydrogen-bond donors (Lipinski definition) is 1. The Morgan fingerprint density at radius 3 is 1.82 bits per heavy atom. The van der Waals surface area contributed by atoms with E-state index in [0.717, 1.165) is 0 Å². The molecule has 84 valence electrons. The summed E-state index contributed by atoms with van der Waals surface area (Å²) >= 11 is 0. The second-order valence-electron chi connectivity index (χ2n) is 3.52. The first kappa shape index (κ1) is 11.0. The maximum Gasteiger partial charge on any atom is 0.233 e. The van der Waals surface area contributed by atoms with Gasteiger partial charge in [0.15, 0.2) is 0 Å². The largest absolute Gasteiger partial charge is 0.399 e. The fourth-order valence-electron chi connectivity index (χ4n) is 1.40. The molecule has 0 aliphatic rings. The Morgan fingerprint density at radius 2 is 1.29 bits per heavy atom. The normalized spacial score (nSPS) is 9.88. The highest BCUT2D eigenvalue weighted by atomic mass is 16.2. The van der Waals surface area contributed by atoms with E-state index in [2.05, 4.69) is 4.98 Å². The number of carbonyl (C=O) groups is 2. The van der Waals surface area contributed by atoms with Crippen molar-refractivity contribution < 1.29 is 9.59 Å². The summed E-state index contributed by atoms with van der Waals surface area (Å²) in [5, 5.41) is 0. The van der Waals surface area contributed by atoms with Crippen LogP contribution in [-0.4, -0.2) is 16.6 Å². The molecular formula is C13H10N2O2. The summed E-state index contributed by atoms with van der Waals surface area (Å²) in [4.78, 5) is 27.5. The summed E-state index contributed by atoms with van der Waals surface area (Å²) in [6.07, 6.45) is 2.95. The molecule has 2 rings (SSSR count).